The number of amides is 1. The molecule has 5 nitrogen and oxygen atoms in total. The van der Waals surface area contributed by atoms with Gasteiger partial charge in [0.25, 0.3) is 0 Å². The van der Waals surface area contributed by atoms with Crippen molar-refractivity contribution in [3.05, 3.63) is 0 Å². The molecular weight excluding hydrogens is 232 g/mol. The molecule has 1 amide bonds. The van der Waals surface area contributed by atoms with Crippen LogP contribution in [0.5, 0.6) is 0 Å². The monoisotopic (exact) mass is 258 g/mol. The average Bonchev–Trinajstić information content (AvgIpc) is 2.26. The van der Waals surface area contributed by atoms with Crippen molar-refractivity contribution in [3.8, 4) is 0 Å². The van der Waals surface area contributed by atoms with Crippen molar-refractivity contribution in [2.24, 2.45) is 17.6 Å². The first-order valence-corrected chi connectivity index (χ1v) is 6.57. The molecule has 0 aromatic carbocycles. The van der Waals surface area contributed by atoms with Crippen LogP contribution in [-0.2, 0) is 9.59 Å². The Hall–Kier alpha value is -1.10. The Morgan fingerprint density at radius 1 is 1.28 bits per heavy atom. The number of carbonyl (C=O) groups is 2. The molecule has 0 aliphatic rings. The Morgan fingerprint density at radius 2 is 1.83 bits per heavy atom. The van der Waals surface area contributed by atoms with Crippen LogP contribution in [-0.4, -0.2) is 29.1 Å². The van der Waals surface area contributed by atoms with Gasteiger partial charge in [-0.15, -0.1) is 0 Å². The third-order valence-corrected chi connectivity index (χ3v) is 3.41. The minimum absolute atomic E-state index is 0.0618. The first-order chi connectivity index (χ1) is 8.29. The van der Waals surface area contributed by atoms with Crippen molar-refractivity contribution in [3.63, 3.8) is 0 Å². The maximum Gasteiger partial charge on any atom is 0.305 e. The molecule has 106 valence electrons. The molecule has 0 rings (SSSR count). The van der Waals surface area contributed by atoms with Crippen LogP contribution in [0.4, 0.5) is 0 Å². The highest BCUT2D eigenvalue weighted by atomic mass is 16.4. The van der Waals surface area contributed by atoms with E-state index in [9.17, 15) is 9.59 Å². The van der Waals surface area contributed by atoms with Gasteiger partial charge >= 0.3 is 5.97 Å². The maximum atomic E-state index is 11.6. The molecule has 0 aromatic rings. The Labute approximate surface area is 109 Å². The van der Waals surface area contributed by atoms with Gasteiger partial charge in [-0.1, -0.05) is 33.6 Å². The zero-order valence-corrected chi connectivity index (χ0v) is 11.8. The molecule has 0 saturated heterocycles. The predicted molar refractivity (Wildman–Crippen MR) is 71.1 cm³/mol. The summed E-state index contributed by atoms with van der Waals surface area (Å²) in [4.78, 5) is 22.5. The number of aliphatic carboxylic acids is 1. The average molecular weight is 258 g/mol. The minimum Gasteiger partial charge on any atom is -0.481 e. The van der Waals surface area contributed by atoms with Crippen LogP contribution in [0.15, 0.2) is 0 Å². The van der Waals surface area contributed by atoms with Gasteiger partial charge in [0.2, 0.25) is 5.91 Å². The van der Waals surface area contributed by atoms with Crippen molar-refractivity contribution >= 4 is 11.9 Å². The minimum atomic E-state index is -0.902. The van der Waals surface area contributed by atoms with E-state index in [1.165, 1.54) is 0 Å². The van der Waals surface area contributed by atoms with E-state index in [1.54, 1.807) is 6.92 Å². The van der Waals surface area contributed by atoms with Gasteiger partial charge in [0.05, 0.1) is 12.5 Å². The highest BCUT2D eigenvalue weighted by Crippen LogP contribution is 2.22. The Kier molecular flexibility index (Phi) is 7.59. The van der Waals surface area contributed by atoms with E-state index in [4.69, 9.17) is 10.8 Å². The fraction of sp³-hybridized carbons (Fsp3) is 0.846. The van der Waals surface area contributed by atoms with E-state index < -0.39 is 12.0 Å². The summed E-state index contributed by atoms with van der Waals surface area (Å²) in [6, 6.07) is -0.975. The molecule has 4 N–H and O–H groups in total. The molecule has 0 saturated carbocycles. The number of nitrogens with two attached hydrogens (primary N) is 1. The van der Waals surface area contributed by atoms with Gasteiger partial charge in [-0.2, -0.15) is 0 Å². The molecule has 0 aliphatic carbocycles. The van der Waals surface area contributed by atoms with E-state index in [0.717, 1.165) is 12.8 Å². The molecular formula is C13H26N2O3. The number of rotatable bonds is 8. The van der Waals surface area contributed by atoms with Gasteiger partial charge in [0.15, 0.2) is 0 Å². The zero-order chi connectivity index (χ0) is 14.3. The van der Waals surface area contributed by atoms with E-state index in [0.29, 0.717) is 5.92 Å². The lowest BCUT2D eigenvalue weighted by molar-refractivity contribution is -0.138. The van der Waals surface area contributed by atoms with Crippen LogP contribution >= 0.6 is 0 Å². The molecule has 0 unspecified atom stereocenters. The molecule has 0 bridgehead atoms. The number of nitrogens with one attached hydrogen (secondary N) is 1. The fourth-order valence-corrected chi connectivity index (χ4v) is 1.99. The van der Waals surface area contributed by atoms with Crippen molar-refractivity contribution < 1.29 is 14.7 Å². The van der Waals surface area contributed by atoms with E-state index in [-0.39, 0.29) is 24.3 Å². The molecule has 5 heteroatoms. The van der Waals surface area contributed by atoms with Crippen LogP contribution in [0, 0.1) is 11.8 Å². The van der Waals surface area contributed by atoms with Gasteiger partial charge in [0, 0.05) is 6.04 Å². The second kappa shape index (κ2) is 8.08. The lowest BCUT2D eigenvalue weighted by Crippen LogP contribution is -2.48. The quantitative estimate of drug-likeness (QED) is 0.613. The van der Waals surface area contributed by atoms with Crippen molar-refractivity contribution in [2.45, 2.75) is 59.0 Å². The second-order valence-corrected chi connectivity index (χ2v) is 5.13. The fourth-order valence-electron chi connectivity index (χ4n) is 1.99. The van der Waals surface area contributed by atoms with Gasteiger partial charge in [0.1, 0.15) is 0 Å². The van der Waals surface area contributed by atoms with Crippen LogP contribution in [0.25, 0.3) is 0 Å². The lowest BCUT2D eigenvalue weighted by atomic mass is 9.84. The number of hydrogen-bond donors (Lipinski definition) is 3. The van der Waals surface area contributed by atoms with Crippen LogP contribution < -0.4 is 11.1 Å². The maximum absolute atomic E-state index is 11.6. The molecule has 0 spiro atoms. The molecule has 0 aliphatic heterocycles. The SMILES string of the molecule is CCC[C@@H](C)[C@@H](C)[C@@H](CC(=O)O)NC(=O)[C@H](C)N. The summed E-state index contributed by atoms with van der Waals surface area (Å²) in [6.07, 6.45) is 2.01. The Balaban J connectivity index is 4.65. The summed E-state index contributed by atoms with van der Waals surface area (Å²) in [7, 11) is 0. The Bertz CT molecular complexity index is 279. The van der Waals surface area contributed by atoms with Crippen molar-refractivity contribution in [2.75, 3.05) is 0 Å². The normalized spacial score (nSPS) is 17.6. The van der Waals surface area contributed by atoms with E-state index in [2.05, 4.69) is 19.2 Å². The highest BCUT2D eigenvalue weighted by molar-refractivity contribution is 5.82. The van der Waals surface area contributed by atoms with Gasteiger partial charge in [-0.05, 0) is 18.8 Å². The lowest BCUT2D eigenvalue weighted by Gasteiger charge is -2.29. The van der Waals surface area contributed by atoms with Crippen molar-refractivity contribution in [1.29, 1.82) is 0 Å². The summed E-state index contributed by atoms with van der Waals surface area (Å²) in [5.41, 5.74) is 5.49. The molecule has 0 aromatic heterocycles. The topological polar surface area (TPSA) is 92.4 Å². The van der Waals surface area contributed by atoms with Gasteiger partial charge in [-0.3, -0.25) is 9.59 Å². The van der Waals surface area contributed by atoms with Crippen molar-refractivity contribution in [1.82, 2.24) is 5.32 Å². The van der Waals surface area contributed by atoms with E-state index >= 15 is 0 Å². The summed E-state index contributed by atoms with van der Waals surface area (Å²) in [5, 5.41) is 11.7. The smallest absolute Gasteiger partial charge is 0.305 e. The number of hydrogen-bond acceptors (Lipinski definition) is 3. The first kappa shape index (κ1) is 16.9. The van der Waals surface area contributed by atoms with Gasteiger partial charge < -0.3 is 16.2 Å². The van der Waals surface area contributed by atoms with Crippen LogP contribution in [0.3, 0.4) is 0 Å². The Morgan fingerprint density at radius 3 is 2.22 bits per heavy atom. The molecule has 0 fully saturated rings. The van der Waals surface area contributed by atoms with Gasteiger partial charge in [-0.25, -0.2) is 0 Å². The second-order valence-electron chi connectivity index (χ2n) is 5.13. The molecule has 0 heterocycles. The highest BCUT2D eigenvalue weighted by Gasteiger charge is 2.26. The summed E-state index contributed by atoms with van der Waals surface area (Å²) >= 11 is 0. The molecule has 4 atom stereocenters. The van der Waals surface area contributed by atoms with Crippen LogP contribution in [0.1, 0.15) is 47.0 Å². The van der Waals surface area contributed by atoms with Crippen LogP contribution in [0.2, 0.25) is 0 Å². The predicted octanol–water partition coefficient (Wildman–Crippen LogP) is 1.37. The number of carboxylic acids is 1. The third kappa shape index (κ3) is 6.00. The molecule has 0 radical (unpaired) electrons. The van der Waals surface area contributed by atoms with E-state index in [1.807, 2.05) is 6.92 Å². The first-order valence-electron chi connectivity index (χ1n) is 6.57. The summed E-state index contributed by atoms with van der Waals surface area (Å²) < 4.78 is 0. The third-order valence-electron chi connectivity index (χ3n) is 3.41. The number of carbonyl (C=O) groups excluding carboxylic acids is 1. The summed E-state index contributed by atoms with van der Waals surface area (Å²) in [5.74, 6) is -0.714. The molecule has 18 heavy (non-hydrogen) atoms. The standard InChI is InChI=1S/C13H26N2O3/c1-5-6-8(2)9(3)11(7-12(16)17)15-13(18)10(4)14/h8-11H,5-7,14H2,1-4H3,(H,15,18)(H,16,17)/t8-,9-,10+,11-/m1/s1. The largest absolute Gasteiger partial charge is 0.481 e. The summed E-state index contributed by atoms with van der Waals surface area (Å²) in [6.45, 7) is 7.75. The number of carboxylic acid groups (broad SMARTS) is 1. The zero-order valence-electron chi connectivity index (χ0n) is 11.8.